The highest BCUT2D eigenvalue weighted by molar-refractivity contribution is 7.98. The molecule has 0 N–H and O–H groups in total. The van der Waals surface area contributed by atoms with Crippen molar-refractivity contribution in [3.8, 4) is 34.2 Å². The molecule has 0 unspecified atom stereocenters. The summed E-state index contributed by atoms with van der Waals surface area (Å²) in [6.45, 7) is 8.02. The zero-order valence-corrected chi connectivity index (χ0v) is 25.5. The quantitative estimate of drug-likeness (QED) is 0.181. The molecule has 0 radical (unpaired) electrons. The minimum atomic E-state index is 0.560. The number of morpholine rings is 1. The van der Waals surface area contributed by atoms with Gasteiger partial charge in [-0.15, -0.1) is 0 Å². The van der Waals surface area contributed by atoms with Gasteiger partial charge in [-0.05, 0) is 95.9 Å². The maximum Gasteiger partial charge on any atom is 0.151 e. The van der Waals surface area contributed by atoms with Gasteiger partial charge in [-0.3, -0.25) is 3.97 Å². The van der Waals surface area contributed by atoms with E-state index in [1.54, 1.807) is 11.9 Å². The summed E-state index contributed by atoms with van der Waals surface area (Å²) in [6.07, 6.45) is 4.28. The van der Waals surface area contributed by atoms with Crippen LogP contribution in [0.15, 0.2) is 96.0 Å². The molecule has 3 heterocycles. The second-order valence-electron chi connectivity index (χ2n) is 10.5. The van der Waals surface area contributed by atoms with E-state index in [0.717, 1.165) is 64.6 Å². The normalized spacial score (nSPS) is 14.6. The van der Waals surface area contributed by atoms with Crippen LogP contribution in [0.4, 0.5) is 5.69 Å². The third kappa shape index (κ3) is 6.41. The average molecular weight is 589 g/mol. The summed E-state index contributed by atoms with van der Waals surface area (Å²) in [6, 6.07) is 31.7. The van der Waals surface area contributed by atoms with Crippen molar-refractivity contribution in [2.24, 2.45) is 5.92 Å². The lowest BCUT2D eigenvalue weighted by Crippen LogP contribution is -2.36. The van der Waals surface area contributed by atoms with Gasteiger partial charge in [0.1, 0.15) is 11.8 Å². The molecule has 1 saturated carbocycles. The number of pyridine rings is 1. The van der Waals surface area contributed by atoms with Crippen molar-refractivity contribution >= 4 is 28.7 Å². The van der Waals surface area contributed by atoms with Crippen LogP contribution in [0.25, 0.3) is 33.4 Å². The molecule has 2 fully saturated rings. The highest BCUT2D eigenvalue weighted by Crippen LogP contribution is 2.40. The summed E-state index contributed by atoms with van der Waals surface area (Å²) in [5.74, 6) is 1.29. The van der Waals surface area contributed by atoms with Crippen LogP contribution in [0.3, 0.4) is 0 Å². The monoisotopic (exact) mass is 588 g/mol. The zero-order valence-electron chi connectivity index (χ0n) is 24.7. The first-order chi connectivity index (χ1) is 21.3. The molecule has 43 heavy (non-hydrogen) atoms. The topological polar surface area (TPSA) is 63.3 Å². The molecule has 1 saturated heterocycles. The maximum absolute atomic E-state index is 9.90. The molecule has 7 heteroatoms. The Kier molecular flexibility index (Phi) is 8.97. The summed E-state index contributed by atoms with van der Waals surface area (Å²) in [5.41, 5.74) is 6.87. The SMILES string of the molecule is CC.N#Cc1cc(-c2ccnc3c2cc(-c2ccc(N4CCOCC4)cc2)n3Sc2ccccc2)ccc1OCC1CC1. The molecule has 0 bridgehead atoms. The van der Waals surface area contributed by atoms with Gasteiger partial charge in [0.25, 0.3) is 0 Å². The molecular formula is C36H36N4O2S. The lowest BCUT2D eigenvalue weighted by Gasteiger charge is -2.28. The molecule has 0 spiro atoms. The molecule has 6 nitrogen and oxygen atoms in total. The summed E-state index contributed by atoms with van der Waals surface area (Å²) >= 11 is 1.66. The van der Waals surface area contributed by atoms with Crippen molar-refractivity contribution in [2.45, 2.75) is 31.6 Å². The van der Waals surface area contributed by atoms with Crippen LogP contribution < -0.4 is 9.64 Å². The van der Waals surface area contributed by atoms with E-state index in [1.807, 2.05) is 44.3 Å². The first-order valence-electron chi connectivity index (χ1n) is 15.1. The van der Waals surface area contributed by atoms with Gasteiger partial charge in [0.2, 0.25) is 0 Å². The first kappa shape index (κ1) is 28.9. The van der Waals surface area contributed by atoms with E-state index in [0.29, 0.717) is 23.8 Å². The number of hydrogen-bond acceptors (Lipinski definition) is 6. The van der Waals surface area contributed by atoms with Crippen LogP contribution in [0.1, 0.15) is 32.3 Å². The molecule has 0 amide bonds. The summed E-state index contributed by atoms with van der Waals surface area (Å²) in [4.78, 5) is 8.35. The minimum Gasteiger partial charge on any atom is -0.492 e. The van der Waals surface area contributed by atoms with Crippen molar-refractivity contribution in [1.29, 1.82) is 5.26 Å². The molecule has 5 aromatic rings. The van der Waals surface area contributed by atoms with Crippen molar-refractivity contribution in [1.82, 2.24) is 8.96 Å². The predicted octanol–water partition coefficient (Wildman–Crippen LogP) is 8.45. The smallest absolute Gasteiger partial charge is 0.151 e. The largest absolute Gasteiger partial charge is 0.492 e. The number of rotatable bonds is 8. The maximum atomic E-state index is 9.90. The van der Waals surface area contributed by atoms with Crippen LogP contribution in [0.2, 0.25) is 0 Å². The number of hydrogen-bond donors (Lipinski definition) is 0. The zero-order chi connectivity index (χ0) is 29.6. The van der Waals surface area contributed by atoms with E-state index < -0.39 is 0 Å². The Bertz CT molecular complexity index is 1720. The minimum absolute atomic E-state index is 0.560. The third-order valence-electron chi connectivity index (χ3n) is 7.72. The fourth-order valence-electron chi connectivity index (χ4n) is 5.27. The molecule has 2 aromatic heterocycles. The molecule has 1 aliphatic carbocycles. The Hall–Kier alpha value is -4.25. The number of nitriles is 1. The molecular weight excluding hydrogens is 552 g/mol. The standard InChI is InChI=1S/C34H30N4O2S.C2H6/c35-22-27-20-26(10-13-33(27)40-23-24-6-7-24)30-14-15-36-34-31(30)21-32(38(34)41-29-4-2-1-3-5-29)25-8-11-28(12-9-25)37-16-18-39-19-17-37;1-2/h1-5,8-15,20-21,24H,6-7,16-19,23H2;1-2H3. The van der Waals surface area contributed by atoms with Gasteiger partial charge in [0.15, 0.2) is 5.65 Å². The predicted molar refractivity (Wildman–Crippen MR) is 176 cm³/mol. The Morgan fingerprint density at radius 1 is 0.930 bits per heavy atom. The highest BCUT2D eigenvalue weighted by Gasteiger charge is 2.23. The van der Waals surface area contributed by atoms with Crippen molar-refractivity contribution in [3.63, 3.8) is 0 Å². The van der Waals surface area contributed by atoms with Gasteiger partial charge >= 0.3 is 0 Å². The van der Waals surface area contributed by atoms with E-state index in [1.165, 1.54) is 18.5 Å². The number of fused-ring (bicyclic) bond motifs is 1. The van der Waals surface area contributed by atoms with Crippen LogP contribution in [-0.2, 0) is 4.74 Å². The van der Waals surface area contributed by atoms with Gasteiger partial charge < -0.3 is 14.4 Å². The fraction of sp³-hybridized carbons (Fsp3) is 0.278. The van der Waals surface area contributed by atoms with Gasteiger partial charge in [-0.2, -0.15) is 5.26 Å². The van der Waals surface area contributed by atoms with Crippen LogP contribution in [-0.4, -0.2) is 41.9 Å². The number of ether oxygens (including phenoxy) is 2. The third-order valence-corrected chi connectivity index (χ3v) is 8.76. The van der Waals surface area contributed by atoms with E-state index >= 15 is 0 Å². The molecule has 7 rings (SSSR count). The number of anilines is 1. The molecule has 1 aliphatic heterocycles. The van der Waals surface area contributed by atoms with Crippen molar-refractivity contribution in [2.75, 3.05) is 37.8 Å². The number of nitrogens with zero attached hydrogens (tertiary/aromatic N) is 4. The lowest BCUT2D eigenvalue weighted by molar-refractivity contribution is 0.122. The van der Waals surface area contributed by atoms with Crippen molar-refractivity contribution in [3.05, 3.63) is 96.7 Å². The summed E-state index contributed by atoms with van der Waals surface area (Å²) in [5, 5.41) is 10.9. The highest BCUT2D eigenvalue weighted by atomic mass is 32.2. The van der Waals surface area contributed by atoms with Crippen LogP contribution in [0.5, 0.6) is 5.75 Å². The second kappa shape index (κ2) is 13.4. The molecule has 0 atom stereocenters. The number of aromatic nitrogens is 2. The van der Waals surface area contributed by atoms with Gasteiger partial charge in [0.05, 0.1) is 31.1 Å². The fourth-order valence-corrected chi connectivity index (χ4v) is 6.25. The van der Waals surface area contributed by atoms with Crippen LogP contribution >= 0.6 is 11.9 Å². The average Bonchev–Trinajstić information content (AvgIpc) is 3.85. The molecule has 3 aromatic carbocycles. The lowest BCUT2D eigenvalue weighted by atomic mass is 10.0. The summed E-state index contributed by atoms with van der Waals surface area (Å²) < 4.78 is 13.7. The van der Waals surface area contributed by atoms with E-state index in [4.69, 9.17) is 14.5 Å². The Labute approximate surface area is 258 Å². The van der Waals surface area contributed by atoms with Crippen molar-refractivity contribution < 1.29 is 9.47 Å². The molecule has 2 aliphatic rings. The van der Waals surface area contributed by atoms with Gasteiger partial charge in [-0.25, -0.2) is 4.98 Å². The van der Waals surface area contributed by atoms with E-state index in [-0.39, 0.29) is 0 Å². The summed E-state index contributed by atoms with van der Waals surface area (Å²) in [7, 11) is 0. The van der Waals surface area contributed by atoms with Gasteiger partial charge in [0, 0.05) is 35.3 Å². The Morgan fingerprint density at radius 2 is 1.67 bits per heavy atom. The Morgan fingerprint density at radius 3 is 2.40 bits per heavy atom. The van der Waals surface area contributed by atoms with Crippen LogP contribution in [0, 0.1) is 17.2 Å². The number of benzene rings is 3. The van der Waals surface area contributed by atoms with E-state index in [9.17, 15) is 5.26 Å². The Balaban J connectivity index is 0.00000161. The molecule has 218 valence electrons. The van der Waals surface area contributed by atoms with Gasteiger partial charge in [-0.1, -0.05) is 50.2 Å². The first-order valence-corrected chi connectivity index (χ1v) is 15.9. The second-order valence-corrected chi connectivity index (χ2v) is 11.6. The van der Waals surface area contributed by atoms with E-state index in [2.05, 4.69) is 75.6 Å².